The molecule has 1 saturated heterocycles. The van der Waals surface area contributed by atoms with Crippen LogP contribution in [0.3, 0.4) is 0 Å². The SMILES string of the molecule is C/C=C(\C=NC)Nc1nccc(-c2ccc(OC3CCOCC3)c(C#N)c2)n1.CCC(C)C1CCCCC1. The summed E-state index contributed by atoms with van der Waals surface area (Å²) in [5.74, 6) is 3.12. The highest BCUT2D eigenvalue weighted by atomic mass is 16.5. The second-order valence-electron chi connectivity index (χ2n) is 10.1. The van der Waals surface area contributed by atoms with E-state index in [4.69, 9.17) is 9.47 Å². The first kappa shape index (κ1) is 29.3. The molecule has 7 nitrogen and oxygen atoms in total. The van der Waals surface area contributed by atoms with Crippen molar-refractivity contribution in [2.24, 2.45) is 16.8 Å². The van der Waals surface area contributed by atoms with Crippen LogP contribution in [0.2, 0.25) is 0 Å². The first-order valence-corrected chi connectivity index (χ1v) is 14.0. The summed E-state index contributed by atoms with van der Waals surface area (Å²) < 4.78 is 11.4. The van der Waals surface area contributed by atoms with Gasteiger partial charge in [0.15, 0.2) is 0 Å². The summed E-state index contributed by atoms with van der Waals surface area (Å²) in [7, 11) is 1.70. The minimum atomic E-state index is 0.0843. The van der Waals surface area contributed by atoms with E-state index in [0.29, 0.717) is 30.5 Å². The molecule has 1 unspecified atom stereocenters. The number of hydrogen-bond acceptors (Lipinski definition) is 7. The summed E-state index contributed by atoms with van der Waals surface area (Å²) in [5.41, 5.74) is 2.84. The van der Waals surface area contributed by atoms with Gasteiger partial charge >= 0.3 is 0 Å². The first-order chi connectivity index (χ1) is 18.6. The molecule has 0 spiro atoms. The van der Waals surface area contributed by atoms with Crippen LogP contribution in [-0.4, -0.2) is 42.5 Å². The molecule has 2 aromatic rings. The van der Waals surface area contributed by atoms with E-state index in [1.54, 1.807) is 25.5 Å². The Bertz CT molecular complexity index is 1100. The van der Waals surface area contributed by atoms with Crippen LogP contribution in [0.25, 0.3) is 11.3 Å². The molecule has 0 radical (unpaired) electrons. The molecule has 1 aromatic heterocycles. The molecular weight excluding hydrogens is 474 g/mol. The highest BCUT2D eigenvalue weighted by molar-refractivity contribution is 5.82. The fourth-order valence-electron chi connectivity index (χ4n) is 4.92. The molecule has 1 atom stereocenters. The molecule has 204 valence electrons. The molecule has 2 heterocycles. The van der Waals surface area contributed by atoms with Crippen molar-refractivity contribution >= 4 is 12.2 Å². The number of rotatable bonds is 8. The zero-order chi connectivity index (χ0) is 27.2. The van der Waals surface area contributed by atoms with Gasteiger partial charge in [-0.2, -0.15) is 5.26 Å². The maximum absolute atomic E-state index is 9.56. The van der Waals surface area contributed by atoms with Gasteiger partial charge in [-0.1, -0.05) is 58.4 Å². The number of nitriles is 1. The lowest BCUT2D eigenvalue weighted by atomic mass is 9.80. The molecule has 2 fully saturated rings. The largest absolute Gasteiger partial charge is 0.489 e. The smallest absolute Gasteiger partial charge is 0.227 e. The number of benzene rings is 1. The number of allylic oxidation sites excluding steroid dienone is 2. The normalized spacial score (nSPS) is 17.8. The average molecular weight is 518 g/mol. The Hall–Kier alpha value is -3.24. The number of anilines is 1. The van der Waals surface area contributed by atoms with Crippen molar-refractivity contribution in [3.63, 3.8) is 0 Å². The monoisotopic (exact) mass is 517 g/mol. The molecular formula is C31H43N5O2. The van der Waals surface area contributed by atoms with Gasteiger partial charge in [0.25, 0.3) is 0 Å². The van der Waals surface area contributed by atoms with Crippen LogP contribution >= 0.6 is 0 Å². The third-order valence-corrected chi connectivity index (χ3v) is 7.45. The van der Waals surface area contributed by atoms with E-state index in [1.165, 1.54) is 38.5 Å². The van der Waals surface area contributed by atoms with E-state index in [9.17, 15) is 5.26 Å². The predicted octanol–water partition coefficient (Wildman–Crippen LogP) is 7.20. The van der Waals surface area contributed by atoms with Gasteiger partial charge in [0.2, 0.25) is 5.95 Å². The van der Waals surface area contributed by atoms with E-state index in [2.05, 4.69) is 40.2 Å². The van der Waals surface area contributed by atoms with Gasteiger partial charge in [-0.3, -0.25) is 4.99 Å². The van der Waals surface area contributed by atoms with Crippen molar-refractivity contribution in [3.8, 4) is 23.1 Å². The lowest BCUT2D eigenvalue weighted by Crippen LogP contribution is -2.26. The second kappa shape index (κ2) is 15.9. The van der Waals surface area contributed by atoms with Gasteiger partial charge in [-0.25, -0.2) is 9.97 Å². The molecule has 2 aliphatic rings. The predicted molar refractivity (Wildman–Crippen MR) is 154 cm³/mol. The Morgan fingerprint density at radius 1 is 1.21 bits per heavy atom. The second-order valence-corrected chi connectivity index (χ2v) is 10.1. The molecule has 1 aromatic carbocycles. The zero-order valence-electron chi connectivity index (χ0n) is 23.4. The minimum absolute atomic E-state index is 0.0843. The van der Waals surface area contributed by atoms with Crippen molar-refractivity contribution in [3.05, 3.63) is 47.8 Å². The van der Waals surface area contributed by atoms with Crippen LogP contribution in [0.4, 0.5) is 5.95 Å². The summed E-state index contributed by atoms with van der Waals surface area (Å²) in [6.07, 6.45) is 15.9. The Labute approximate surface area is 228 Å². The molecule has 1 N–H and O–H groups in total. The van der Waals surface area contributed by atoms with E-state index < -0.39 is 0 Å². The zero-order valence-corrected chi connectivity index (χ0v) is 23.4. The molecule has 1 aliphatic heterocycles. The number of ether oxygens (including phenoxy) is 2. The quantitative estimate of drug-likeness (QED) is 0.372. The van der Waals surface area contributed by atoms with Crippen LogP contribution in [0.15, 0.2) is 47.2 Å². The van der Waals surface area contributed by atoms with Crippen LogP contribution in [-0.2, 0) is 4.74 Å². The summed E-state index contributed by atoms with van der Waals surface area (Å²) in [6.45, 7) is 8.02. The van der Waals surface area contributed by atoms with E-state index in [1.807, 2.05) is 31.2 Å². The lowest BCUT2D eigenvalue weighted by molar-refractivity contribution is 0.0254. The van der Waals surface area contributed by atoms with Gasteiger partial charge in [-0.05, 0) is 43.0 Å². The Balaban J connectivity index is 0.000000336. The number of aromatic nitrogens is 2. The highest BCUT2D eigenvalue weighted by Crippen LogP contribution is 2.31. The molecule has 1 aliphatic carbocycles. The number of nitrogens with one attached hydrogen (secondary N) is 1. The first-order valence-electron chi connectivity index (χ1n) is 14.0. The number of aliphatic imine (C=N–C) groups is 1. The number of hydrogen-bond donors (Lipinski definition) is 1. The van der Waals surface area contributed by atoms with E-state index >= 15 is 0 Å². The molecule has 4 rings (SSSR count). The molecule has 7 heteroatoms. The number of nitrogens with zero attached hydrogens (tertiary/aromatic N) is 4. The van der Waals surface area contributed by atoms with Crippen LogP contribution in [0.1, 0.15) is 77.7 Å². The fourth-order valence-corrected chi connectivity index (χ4v) is 4.92. The summed E-state index contributed by atoms with van der Waals surface area (Å²) in [6, 6.07) is 9.57. The topological polar surface area (TPSA) is 92.4 Å². The third-order valence-electron chi connectivity index (χ3n) is 7.45. The van der Waals surface area contributed by atoms with Crippen LogP contribution < -0.4 is 10.1 Å². The van der Waals surface area contributed by atoms with Crippen LogP contribution in [0, 0.1) is 23.2 Å². The maximum Gasteiger partial charge on any atom is 0.227 e. The van der Waals surface area contributed by atoms with Crippen molar-refractivity contribution in [2.75, 3.05) is 25.6 Å². The molecule has 0 amide bonds. The van der Waals surface area contributed by atoms with Gasteiger partial charge in [-0.15, -0.1) is 0 Å². The van der Waals surface area contributed by atoms with Crippen molar-refractivity contribution < 1.29 is 9.47 Å². The Kier molecular flexibility index (Phi) is 12.3. The van der Waals surface area contributed by atoms with Gasteiger partial charge < -0.3 is 14.8 Å². The molecule has 1 saturated carbocycles. The maximum atomic E-state index is 9.56. The van der Waals surface area contributed by atoms with Crippen molar-refractivity contribution in [1.82, 2.24) is 9.97 Å². The highest BCUT2D eigenvalue weighted by Gasteiger charge is 2.18. The third kappa shape index (κ3) is 8.95. The van der Waals surface area contributed by atoms with Gasteiger partial charge in [0.1, 0.15) is 17.9 Å². The summed E-state index contributed by atoms with van der Waals surface area (Å²) in [5, 5.41) is 12.7. The molecule has 0 bridgehead atoms. The molecule has 38 heavy (non-hydrogen) atoms. The average Bonchev–Trinajstić information content (AvgIpc) is 2.98. The van der Waals surface area contributed by atoms with E-state index in [0.717, 1.165) is 41.6 Å². The summed E-state index contributed by atoms with van der Waals surface area (Å²) in [4.78, 5) is 12.8. The van der Waals surface area contributed by atoms with Crippen molar-refractivity contribution in [2.45, 2.75) is 78.2 Å². The standard InChI is InChI=1S/C21H23N5O2.C10H20/c1-3-17(14-23-2)25-21-24-9-6-19(26-21)15-4-5-20(16(12-15)13-22)28-18-7-10-27-11-8-18;1-3-9(2)10-7-5-4-6-8-10/h3-6,9,12,14,18H,7-8,10-11H2,1-2H3,(H,24,25,26);9-10H,3-8H2,1-2H3/b17-3+,23-14?;. The van der Waals surface area contributed by atoms with E-state index in [-0.39, 0.29) is 6.10 Å². The fraction of sp³-hybridized carbons (Fsp3) is 0.548. The van der Waals surface area contributed by atoms with Gasteiger partial charge in [0.05, 0.1) is 30.2 Å². The van der Waals surface area contributed by atoms with Crippen molar-refractivity contribution in [1.29, 1.82) is 5.26 Å². The Morgan fingerprint density at radius 3 is 2.63 bits per heavy atom. The Morgan fingerprint density at radius 2 is 1.97 bits per heavy atom. The van der Waals surface area contributed by atoms with Crippen LogP contribution in [0.5, 0.6) is 5.75 Å². The van der Waals surface area contributed by atoms with Gasteiger partial charge in [0, 0.05) is 37.9 Å². The lowest BCUT2D eigenvalue weighted by Gasteiger charge is -2.26. The minimum Gasteiger partial charge on any atom is -0.489 e. The summed E-state index contributed by atoms with van der Waals surface area (Å²) >= 11 is 0.